The van der Waals surface area contributed by atoms with Crippen molar-refractivity contribution in [1.82, 2.24) is 24.6 Å². The second-order valence-electron chi connectivity index (χ2n) is 8.37. The largest absolute Gasteiger partial charge is 0.369 e. The summed E-state index contributed by atoms with van der Waals surface area (Å²) in [6.45, 7) is 9.77. The number of nitrogens with zero attached hydrogens (tertiary/aromatic N) is 6. The molecule has 2 aromatic rings. The highest BCUT2D eigenvalue weighted by atomic mass is 16.2. The van der Waals surface area contributed by atoms with E-state index in [9.17, 15) is 4.79 Å². The first-order valence-corrected chi connectivity index (χ1v) is 10.7. The lowest BCUT2D eigenvalue weighted by molar-refractivity contribution is -0.132. The van der Waals surface area contributed by atoms with E-state index in [-0.39, 0.29) is 11.9 Å². The Labute approximate surface area is 173 Å². The van der Waals surface area contributed by atoms with Gasteiger partial charge >= 0.3 is 0 Å². The molecule has 0 spiro atoms. The van der Waals surface area contributed by atoms with Crippen LogP contribution in [0.4, 0.5) is 5.69 Å². The molecule has 4 heterocycles. The van der Waals surface area contributed by atoms with E-state index in [1.807, 2.05) is 22.6 Å². The van der Waals surface area contributed by atoms with Crippen molar-refractivity contribution in [3.63, 3.8) is 0 Å². The second-order valence-corrected chi connectivity index (χ2v) is 8.37. The van der Waals surface area contributed by atoms with Gasteiger partial charge in [0, 0.05) is 69.0 Å². The molecular formula is C22H32N6O. The van der Waals surface area contributed by atoms with Gasteiger partial charge in [0.2, 0.25) is 5.91 Å². The molecule has 156 valence electrons. The van der Waals surface area contributed by atoms with Crippen LogP contribution in [0.5, 0.6) is 0 Å². The van der Waals surface area contributed by atoms with Crippen LogP contribution in [0, 0.1) is 13.8 Å². The van der Waals surface area contributed by atoms with Crippen LogP contribution >= 0.6 is 0 Å². The van der Waals surface area contributed by atoms with Crippen LogP contribution in [-0.2, 0) is 11.3 Å². The minimum Gasteiger partial charge on any atom is -0.369 e. The van der Waals surface area contributed by atoms with Gasteiger partial charge in [-0.25, -0.2) is 0 Å². The molecule has 7 heteroatoms. The lowest BCUT2D eigenvalue weighted by Crippen LogP contribution is -2.44. The number of hydrogen-bond acceptors (Lipinski definition) is 5. The maximum absolute atomic E-state index is 13.0. The number of aryl methyl sites for hydroxylation is 3. The molecule has 0 radical (unpaired) electrons. The van der Waals surface area contributed by atoms with Crippen LogP contribution in [0.25, 0.3) is 0 Å². The van der Waals surface area contributed by atoms with Crippen molar-refractivity contribution in [2.24, 2.45) is 0 Å². The molecule has 2 fully saturated rings. The standard InChI is InChI=1S/C22H32N6O/c1-17-15-19(26-13-11-25(3)12-14-26)16-20(24-17)21-5-4-9-27(21)22(29)7-10-28-18(2)6-8-23-28/h6,8,15-16,21H,4-5,7,9-14H2,1-3H3/t21-/m1/s1. The van der Waals surface area contributed by atoms with Crippen LogP contribution in [-0.4, -0.2) is 70.2 Å². The van der Waals surface area contributed by atoms with Crippen LogP contribution in [0.3, 0.4) is 0 Å². The summed E-state index contributed by atoms with van der Waals surface area (Å²) in [5.74, 6) is 0.201. The summed E-state index contributed by atoms with van der Waals surface area (Å²) in [5, 5.41) is 4.30. The Morgan fingerprint density at radius 1 is 1.14 bits per heavy atom. The maximum atomic E-state index is 13.0. The van der Waals surface area contributed by atoms with Crippen molar-refractivity contribution >= 4 is 11.6 Å². The van der Waals surface area contributed by atoms with Crippen LogP contribution < -0.4 is 4.90 Å². The summed E-state index contributed by atoms with van der Waals surface area (Å²) in [5.41, 5.74) is 4.41. The molecular weight excluding hydrogens is 364 g/mol. The van der Waals surface area contributed by atoms with E-state index >= 15 is 0 Å². The Morgan fingerprint density at radius 2 is 1.93 bits per heavy atom. The van der Waals surface area contributed by atoms with Gasteiger partial charge in [-0.05, 0) is 51.9 Å². The van der Waals surface area contributed by atoms with E-state index in [1.165, 1.54) is 5.69 Å². The van der Waals surface area contributed by atoms with Gasteiger partial charge in [0.05, 0.1) is 11.7 Å². The molecule has 0 unspecified atom stereocenters. The first-order chi connectivity index (χ1) is 14.0. The first kappa shape index (κ1) is 19.9. The van der Waals surface area contributed by atoms with E-state index in [2.05, 4.69) is 41.0 Å². The summed E-state index contributed by atoms with van der Waals surface area (Å²) in [4.78, 5) is 24.7. The fraction of sp³-hybridized carbons (Fsp3) is 0.591. The Kier molecular flexibility index (Phi) is 5.85. The average molecular weight is 397 g/mol. The molecule has 0 aromatic carbocycles. The molecule has 7 nitrogen and oxygen atoms in total. The first-order valence-electron chi connectivity index (χ1n) is 10.7. The van der Waals surface area contributed by atoms with Crippen molar-refractivity contribution < 1.29 is 4.79 Å². The molecule has 2 saturated heterocycles. The number of likely N-dealkylation sites (tertiary alicyclic amines) is 1. The molecule has 4 rings (SSSR count). The van der Waals surface area contributed by atoms with Gasteiger partial charge in [-0.15, -0.1) is 0 Å². The third kappa shape index (κ3) is 4.45. The highest BCUT2D eigenvalue weighted by Gasteiger charge is 2.31. The van der Waals surface area contributed by atoms with Gasteiger partial charge in [-0.1, -0.05) is 0 Å². The Morgan fingerprint density at radius 3 is 2.66 bits per heavy atom. The number of rotatable bonds is 5. The van der Waals surface area contributed by atoms with Crippen molar-refractivity contribution in [3.05, 3.63) is 41.5 Å². The summed E-state index contributed by atoms with van der Waals surface area (Å²) in [7, 11) is 2.17. The number of anilines is 1. The fourth-order valence-corrected chi connectivity index (χ4v) is 4.44. The van der Waals surface area contributed by atoms with Crippen LogP contribution in [0.15, 0.2) is 24.4 Å². The number of aromatic nitrogens is 3. The van der Waals surface area contributed by atoms with E-state index < -0.39 is 0 Å². The van der Waals surface area contributed by atoms with E-state index in [0.717, 1.165) is 62.6 Å². The van der Waals surface area contributed by atoms with Gasteiger partial charge in [0.25, 0.3) is 0 Å². The van der Waals surface area contributed by atoms with Crippen molar-refractivity contribution in [1.29, 1.82) is 0 Å². The SMILES string of the molecule is Cc1cc(N2CCN(C)CC2)cc([C@H]2CCCN2C(=O)CCn2nccc2C)n1. The fourth-order valence-electron chi connectivity index (χ4n) is 4.44. The average Bonchev–Trinajstić information content (AvgIpc) is 3.35. The summed E-state index contributed by atoms with van der Waals surface area (Å²) in [6.07, 6.45) is 4.30. The van der Waals surface area contributed by atoms with Crippen molar-refractivity contribution in [2.45, 2.75) is 45.7 Å². The zero-order valence-corrected chi connectivity index (χ0v) is 17.8. The van der Waals surface area contributed by atoms with Crippen molar-refractivity contribution in [3.8, 4) is 0 Å². The van der Waals surface area contributed by atoms with Gasteiger partial charge in [-0.2, -0.15) is 5.10 Å². The normalized spacial score (nSPS) is 20.4. The predicted molar refractivity (Wildman–Crippen MR) is 114 cm³/mol. The van der Waals surface area contributed by atoms with E-state index in [4.69, 9.17) is 4.98 Å². The summed E-state index contributed by atoms with van der Waals surface area (Å²) >= 11 is 0. The minimum atomic E-state index is 0.0901. The number of piperazine rings is 1. The molecule has 0 N–H and O–H groups in total. The molecule has 0 saturated carbocycles. The van der Waals surface area contributed by atoms with Gasteiger partial charge in [0.15, 0.2) is 0 Å². The Hall–Kier alpha value is -2.41. The van der Waals surface area contributed by atoms with Gasteiger partial charge in [-0.3, -0.25) is 14.5 Å². The van der Waals surface area contributed by atoms with Gasteiger partial charge in [0.1, 0.15) is 0 Å². The van der Waals surface area contributed by atoms with E-state index in [0.29, 0.717) is 13.0 Å². The quantitative estimate of drug-likeness (QED) is 0.777. The number of carbonyl (C=O) groups excluding carboxylic acids is 1. The Balaban J connectivity index is 1.47. The molecule has 2 aliphatic rings. The third-order valence-corrected chi connectivity index (χ3v) is 6.21. The number of pyridine rings is 1. The number of carbonyl (C=O) groups is 1. The third-order valence-electron chi connectivity index (χ3n) is 6.21. The number of likely N-dealkylation sites (N-methyl/N-ethyl adjacent to an activating group) is 1. The lowest BCUT2D eigenvalue weighted by atomic mass is 10.1. The molecule has 2 aromatic heterocycles. The zero-order chi connectivity index (χ0) is 20.4. The maximum Gasteiger partial charge on any atom is 0.224 e. The smallest absolute Gasteiger partial charge is 0.224 e. The molecule has 1 amide bonds. The van der Waals surface area contributed by atoms with Crippen molar-refractivity contribution in [2.75, 3.05) is 44.7 Å². The summed E-state index contributed by atoms with van der Waals surface area (Å²) < 4.78 is 1.90. The van der Waals surface area contributed by atoms with E-state index in [1.54, 1.807) is 6.20 Å². The highest BCUT2D eigenvalue weighted by Crippen LogP contribution is 2.33. The number of hydrogen-bond donors (Lipinski definition) is 0. The molecule has 2 aliphatic heterocycles. The molecule has 0 aliphatic carbocycles. The molecule has 29 heavy (non-hydrogen) atoms. The monoisotopic (exact) mass is 396 g/mol. The minimum absolute atomic E-state index is 0.0901. The molecule has 0 bridgehead atoms. The second kappa shape index (κ2) is 8.53. The Bertz CT molecular complexity index is 855. The number of amides is 1. The molecule has 1 atom stereocenters. The zero-order valence-electron chi connectivity index (χ0n) is 17.8. The van der Waals surface area contributed by atoms with Gasteiger partial charge < -0.3 is 14.7 Å². The van der Waals surface area contributed by atoms with Crippen LogP contribution in [0.1, 0.15) is 42.4 Å². The highest BCUT2D eigenvalue weighted by molar-refractivity contribution is 5.77. The topological polar surface area (TPSA) is 57.5 Å². The summed E-state index contributed by atoms with van der Waals surface area (Å²) in [6, 6.07) is 6.45. The lowest BCUT2D eigenvalue weighted by Gasteiger charge is -2.34. The predicted octanol–water partition coefficient (Wildman–Crippen LogP) is 2.40. The van der Waals surface area contributed by atoms with Crippen LogP contribution in [0.2, 0.25) is 0 Å².